The summed E-state index contributed by atoms with van der Waals surface area (Å²) in [5, 5.41) is 7.63. The average Bonchev–Trinajstić information content (AvgIpc) is 3.08. The smallest absolute Gasteiger partial charge is 0.191 e. The molecule has 5 nitrogen and oxygen atoms in total. The molecule has 1 unspecified atom stereocenters. The summed E-state index contributed by atoms with van der Waals surface area (Å²) in [6.45, 7) is 5.44. The minimum absolute atomic E-state index is 0.0740. The number of nitrogens with one attached hydrogen (secondary N) is 2. The highest BCUT2D eigenvalue weighted by Crippen LogP contribution is 2.13. The lowest BCUT2D eigenvalue weighted by atomic mass is 10.3. The molecule has 136 valence electrons. The fraction of sp³-hybridized carbons (Fsp3) is 0.444. The zero-order valence-corrected chi connectivity index (χ0v) is 15.7. The molecule has 0 aliphatic carbocycles. The van der Waals surface area contributed by atoms with Gasteiger partial charge in [-0.15, -0.1) is 11.3 Å². The summed E-state index contributed by atoms with van der Waals surface area (Å²) in [6, 6.07) is 6.02. The fourth-order valence-electron chi connectivity index (χ4n) is 2.16. The molecule has 2 N–H and O–H groups in total. The van der Waals surface area contributed by atoms with Crippen molar-refractivity contribution in [1.29, 1.82) is 0 Å². The molecule has 0 saturated carbocycles. The number of ether oxygens (including phenoxy) is 1. The highest BCUT2D eigenvalue weighted by molar-refractivity contribution is 7.11. The molecule has 1 heterocycles. The summed E-state index contributed by atoms with van der Waals surface area (Å²) in [5.41, 5.74) is 0. The van der Waals surface area contributed by atoms with Gasteiger partial charge in [0, 0.05) is 31.1 Å². The third-order valence-electron chi connectivity index (χ3n) is 3.51. The first-order chi connectivity index (χ1) is 12.1. The number of rotatable bonds is 8. The molecule has 0 radical (unpaired) electrons. The van der Waals surface area contributed by atoms with Gasteiger partial charge in [-0.1, -0.05) is 6.92 Å². The van der Waals surface area contributed by atoms with Gasteiger partial charge in [-0.3, -0.25) is 4.99 Å². The second-order valence-electron chi connectivity index (χ2n) is 5.59. The molecule has 0 fully saturated rings. The van der Waals surface area contributed by atoms with Gasteiger partial charge in [0.25, 0.3) is 0 Å². The Hall–Kier alpha value is -2.15. The number of hydrogen-bond acceptors (Lipinski definition) is 4. The molecule has 1 aromatic heterocycles. The molecule has 2 aromatic rings. The van der Waals surface area contributed by atoms with Gasteiger partial charge in [0.15, 0.2) is 5.96 Å². The van der Waals surface area contributed by atoms with Gasteiger partial charge in [0.2, 0.25) is 0 Å². The topological polar surface area (TPSA) is 58.5 Å². The van der Waals surface area contributed by atoms with E-state index in [1.807, 2.05) is 13.1 Å². The van der Waals surface area contributed by atoms with Crippen molar-refractivity contribution in [1.82, 2.24) is 15.6 Å². The summed E-state index contributed by atoms with van der Waals surface area (Å²) in [6.07, 6.45) is 3.77. The lowest BCUT2D eigenvalue weighted by Crippen LogP contribution is -2.42. The minimum Gasteiger partial charge on any atom is -0.489 e. The molecule has 1 atom stereocenters. The van der Waals surface area contributed by atoms with Crippen molar-refractivity contribution < 1.29 is 9.13 Å². The molecule has 0 amide bonds. The van der Waals surface area contributed by atoms with Crippen molar-refractivity contribution in [3.63, 3.8) is 0 Å². The van der Waals surface area contributed by atoms with E-state index in [1.54, 1.807) is 30.5 Å². The van der Waals surface area contributed by atoms with E-state index in [1.165, 1.54) is 17.0 Å². The van der Waals surface area contributed by atoms with Gasteiger partial charge in [0.05, 0.1) is 11.6 Å². The molecule has 0 saturated heterocycles. The quantitative estimate of drug-likeness (QED) is 0.558. The Morgan fingerprint density at radius 1 is 1.32 bits per heavy atom. The zero-order valence-electron chi connectivity index (χ0n) is 14.9. The maximum absolute atomic E-state index is 12.9. The number of thiazole rings is 1. The van der Waals surface area contributed by atoms with E-state index in [0.29, 0.717) is 12.3 Å². The number of aryl methyl sites for hydroxylation is 1. The van der Waals surface area contributed by atoms with Crippen molar-refractivity contribution >= 4 is 17.3 Å². The average molecular weight is 364 g/mol. The Morgan fingerprint density at radius 3 is 2.72 bits per heavy atom. The molecule has 0 aliphatic heterocycles. The summed E-state index contributed by atoms with van der Waals surface area (Å²) in [4.78, 5) is 9.92. The van der Waals surface area contributed by atoms with Crippen LogP contribution in [0, 0.1) is 5.82 Å². The minimum atomic E-state index is -0.269. The highest BCUT2D eigenvalue weighted by Gasteiger charge is 2.06. The standard InChI is InChI=1S/C18H25FN4OS/c1-4-16-12-22-17(25-16)9-10-21-18(20-3)23-11-13(2)24-15-7-5-14(19)6-8-15/h5-8,12-13H,4,9-11H2,1-3H3,(H2,20,21,23). The van der Waals surface area contributed by atoms with Crippen molar-refractivity contribution in [2.45, 2.75) is 32.8 Å². The number of aliphatic imine (C=N–C) groups is 1. The second-order valence-corrected chi connectivity index (χ2v) is 6.79. The summed E-state index contributed by atoms with van der Waals surface area (Å²) in [5.74, 6) is 1.10. The van der Waals surface area contributed by atoms with E-state index in [0.717, 1.165) is 30.4 Å². The Kier molecular flexibility index (Phi) is 7.66. The van der Waals surface area contributed by atoms with Crippen LogP contribution in [0.15, 0.2) is 35.5 Å². The van der Waals surface area contributed by atoms with Crippen molar-refractivity contribution in [3.05, 3.63) is 46.2 Å². The Labute approximate surface area is 152 Å². The van der Waals surface area contributed by atoms with Crippen molar-refractivity contribution in [2.75, 3.05) is 20.1 Å². The number of nitrogens with zero attached hydrogens (tertiary/aromatic N) is 2. The van der Waals surface area contributed by atoms with Crippen LogP contribution < -0.4 is 15.4 Å². The molecule has 1 aromatic carbocycles. The Morgan fingerprint density at radius 2 is 2.08 bits per heavy atom. The first-order valence-electron chi connectivity index (χ1n) is 8.41. The van der Waals surface area contributed by atoms with Crippen LogP contribution in [0.4, 0.5) is 4.39 Å². The van der Waals surface area contributed by atoms with E-state index in [9.17, 15) is 4.39 Å². The van der Waals surface area contributed by atoms with Gasteiger partial charge in [-0.05, 0) is 37.6 Å². The Balaban J connectivity index is 1.69. The number of hydrogen-bond donors (Lipinski definition) is 2. The van der Waals surface area contributed by atoms with Gasteiger partial charge in [0.1, 0.15) is 17.7 Å². The maximum Gasteiger partial charge on any atom is 0.191 e. The van der Waals surface area contributed by atoms with Crippen LogP contribution in [0.3, 0.4) is 0 Å². The lowest BCUT2D eigenvalue weighted by Gasteiger charge is -2.17. The molecule has 0 bridgehead atoms. The number of benzene rings is 1. The van der Waals surface area contributed by atoms with Crippen LogP contribution in [0.5, 0.6) is 5.75 Å². The number of halogens is 1. The predicted molar refractivity (Wildman–Crippen MR) is 101 cm³/mol. The lowest BCUT2D eigenvalue weighted by molar-refractivity contribution is 0.223. The summed E-state index contributed by atoms with van der Waals surface area (Å²) in [7, 11) is 1.74. The second kappa shape index (κ2) is 9.98. The summed E-state index contributed by atoms with van der Waals surface area (Å²) < 4.78 is 18.6. The van der Waals surface area contributed by atoms with E-state index in [4.69, 9.17) is 4.74 Å². The third kappa shape index (κ3) is 6.70. The fourth-order valence-corrected chi connectivity index (χ4v) is 3.02. The first kappa shape index (κ1) is 19.2. The van der Waals surface area contributed by atoms with Crippen LogP contribution in [-0.2, 0) is 12.8 Å². The highest BCUT2D eigenvalue weighted by atomic mass is 32.1. The normalized spacial score (nSPS) is 12.7. The van der Waals surface area contributed by atoms with Crippen molar-refractivity contribution in [2.24, 2.45) is 4.99 Å². The van der Waals surface area contributed by atoms with E-state index < -0.39 is 0 Å². The van der Waals surface area contributed by atoms with Crippen LogP contribution in [0.1, 0.15) is 23.7 Å². The summed E-state index contributed by atoms with van der Waals surface area (Å²) >= 11 is 1.75. The third-order valence-corrected chi connectivity index (χ3v) is 4.71. The van der Waals surface area contributed by atoms with Gasteiger partial charge >= 0.3 is 0 Å². The molecular formula is C18H25FN4OS. The van der Waals surface area contributed by atoms with E-state index in [-0.39, 0.29) is 11.9 Å². The molecule has 2 rings (SSSR count). The Bertz CT molecular complexity index is 672. The molecule has 0 aliphatic rings. The number of aromatic nitrogens is 1. The van der Waals surface area contributed by atoms with Gasteiger partial charge < -0.3 is 15.4 Å². The predicted octanol–water partition coefficient (Wildman–Crippen LogP) is 3.02. The van der Waals surface area contributed by atoms with Gasteiger partial charge in [-0.25, -0.2) is 9.37 Å². The monoisotopic (exact) mass is 364 g/mol. The van der Waals surface area contributed by atoms with E-state index >= 15 is 0 Å². The van der Waals surface area contributed by atoms with Crippen LogP contribution in [0.2, 0.25) is 0 Å². The van der Waals surface area contributed by atoms with E-state index in [2.05, 4.69) is 27.5 Å². The molecule has 25 heavy (non-hydrogen) atoms. The zero-order chi connectivity index (χ0) is 18.1. The van der Waals surface area contributed by atoms with Gasteiger partial charge in [-0.2, -0.15) is 0 Å². The first-order valence-corrected chi connectivity index (χ1v) is 9.22. The van der Waals surface area contributed by atoms with Crippen LogP contribution in [0.25, 0.3) is 0 Å². The SMILES string of the molecule is CCc1cnc(CCNC(=NC)NCC(C)Oc2ccc(F)cc2)s1. The van der Waals surface area contributed by atoms with Crippen molar-refractivity contribution in [3.8, 4) is 5.75 Å². The molecule has 0 spiro atoms. The molecular weight excluding hydrogens is 339 g/mol. The van der Waals surface area contributed by atoms with Crippen LogP contribution in [-0.4, -0.2) is 37.2 Å². The number of guanidine groups is 1. The maximum atomic E-state index is 12.9. The molecule has 7 heteroatoms. The van der Waals surface area contributed by atoms with Crippen LogP contribution >= 0.6 is 11.3 Å². The largest absolute Gasteiger partial charge is 0.489 e.